The van der Waals surface area contributed by atoms with Gasteiger partial charge in [0.05, 0.1) is 11.7 Å². The van der Waals surface area contributed by atoms with Crippen LogP contribution in [0.5, 0.6) is 0 Å². The van der Waals surface area contributed by atoms with Gasteiger partial charge in [0.15, 0.2) is 12.4 Å². The minimum Gasteiger partial charge on any atom is -0.619 e. The summed E-state index contributed by atoms with van der Waals surface area (Å²) in [5, 5.41) is 14.0. The molecule has 0 aromatic carbocycles. The number of carbonyl (C=O) groups is 1. The number of amides is 1. The Morgan fingerprint density at radius 2 is 2.12 bits per heavy atom. The van der Waals surface area contributed by atoms with Crippen LogP contribution >= 0.6 is 11.3 Å². The van der Waals surface area contributed by atoms with E-state index in [1.807, 2.05) is 26.2 Å². The van der Waals surface area contributed by atoms with Crippen LogP contribution in [-0.4, -0.2) is 28.1 Å². The minimum atomic E-state index is -0.504. The third kappa shape index (κ3) is 3.67. The highest BCUT2D eigenvalue weighted by molar-refractivity contribution is 7.10. The predicted octanol–water partition coefficient (Wildman–Crippen LogP) is 3.52. The summed E-state index contributed by atoms with van der Waals surface area (Å²) in [5.74, 6) is 0. The van der Waals surface area contributed by atoms with Gasteiger partial charge in [-0.2, -0.15) is 4.73 Å². The Morgan fingerprint density at radius 3 is 2.79 bits per heavy atom. The number of thiazole rings is 1. The lowest BCUT2D eigenvalue weighted by Crippen LogP contribution is -2.36. The second-order valence-corrected chi connectivity index (χ2v) is 7.74. The lowest BCUT2D eigenvalue weighted by Gasteiger charge is -2.27. The Balaban J connectivity index is 1.78. The monoisotopic (exact) mass is 347 g/mol. The first-order valence-electron chi connectivity index (χ1n) is 7.98. The average Bonchev–Trinajstić information content (AvgIpc) is 3.15. The van der Waals surface area contributed by atoms with Crippen molar-refractivity contribution in [3.63, 3.8) is 0 Å². The van der Waals surface area contributed by atoms with Crippen molar-refractivity contribution in [3.05, 3.63) is 40.1 Å². The van der Waals surface area contributed by atoms with Crippen LogP contribution in [0, 0.1) is 5.21 Å². The molecular weight excluding hydrogens is 326 g/mol. The van der Waals surface area contributed by atoms with E-state index < -0.39 is 5.60 Å². The van der Waals surface area contributed by atoms with Crippen molar-refractivity contribution in [1.82, 2.24) is 9.88 Å². The van der Waals surface area contributed by atoms with Gasteiger partial charge in [-0.05, 0) is 33.6 Å². The number of nitrogens with zero attached hydrogens (tertiary/aromatic N) is 3. The van der Waals surface area contributed by atoms with Gasteiger partial charge in [0, 0.05) is 29.6 Å². The van der Waals surface area contributed by atoms with Gasteiger partial charge in [-0.25, -0.2) is 9.78 Å². The van der Waals surface area contributed by atoms with Crippen LogP contribution in [-0.2, 0) is 4.74 Å². The highest BCUT2D eigenvalue weighted by atomic mass is 32.1. The van der Waals surface area contributed by atoms with E-state index in [1.54, 1.807) is 17.0 Å². The lowest BCUT2D eigenvalue weighted by molar-refractivity contribution is -0.605. The second kappa shape index (κ2) is 6.39. The molecule has 128 valence electrons. The van der Waals surface area contributed by atoms with Crippen LogP contribution in [0.4, 0.5) is 4.79 Å². The van der Waals surface area contributed by atoms with Gasteiger partial charge in [-0.1, -0.05) is 0 Å². The fraction of sp³-hybridized carbons (Fsp3) is 0.471. The van der Waals surface area contributed by atoms with Crippen LogP contribution in [0.1, 0.15) is 44.7 Å². The third-order valence-electron chi connectivity index (χ3n) is 3.79. The maximum atomic E-state index is 12.4. The number of hydrogen-bond acceptors (Lipinski definition) is 5. The fourth-order valence-corrected chi connectivity index (χ4v) is 3.69. The van der Waals surface area contributed by atoms with Crippen molar-refractivity contribution in [2.45, 2.75) is 45.3 Å². The number of rotatable bonds is 2. The SMILES string of the molecule is CC(C)(C)OC(=O)N1CCCC1c1nc(-c2cc[n+]([O-])cc2)cs1. The lowest BCUT2D eigenvalue weighted by atomic mass is 10.2. The smallest absolute Gasteiger partial charge is 0.410 e. The first kappa shape index (κ1) is 16.7. The Kier molecular flexibility index (Phi) is 4.45. The molecule has 0 radical (unpaired) electrons. The highest BCUT2D eigenvalue weighted by Gasteiger charge is 2.34. The van der Waals surface area contributed by atoms with Crippen molar-refractivity contribution in [2.24, 2.45) is 0 Å². The van der Waals surface area contributed by atoms with Gasteiger partial charge in [0.1, 0.15) is 10.6 Å². The van der Waals surface area contributed by atoms with Gasteiger partial charge >= 0.3 is 6.09 Å². The van der Waals surface area contributed by atoms with Gasteiger partial charge in [-0.15, -0.1) is 11.3 Å². The molecule has 1 fully saturated rings. The molecule has 0 saturated carbocycles. The molecule has 0 N–H and O–H groups in total. The molecule has 3 heterocycles. The molecular formula is C17H21N3O3S. The summed E-state index contributed by atoms with van der Waals surface area (Å²) in [6.07, 6.45) is 4.46. The standard InChI is InChI=1S/C17H21N3O3S/c1-17(2,3)23-16(21)20-8-4-5-14(20)15-18-13(11-24-15)12-6-9-19(22)10-7-12/h6-7,9-11,14H,4-5,8H2,1-3H3. The molecule has 2 aromatic heterocycles. The van der Waals surface area contributed by atoms with E-state index in [2.05, 4.69) is 4.98 Å². The molecule has 1 saturated heterocycles. The van der Waals surface area contributed by atoms with Crippen molar-refractivity contribution >= 4 is 17.4 Å². The maximum absolute atomic E-state index is 12.4. The van der Waals surface area contributed by atoms with Gasteiger partial charge in [0.2, 0.25) is 0 Å². The molecule has 1 aliphatic rings. The van der Waals surface area contributed by atoms with E-state index in [4.69, 9.17) is 4.74 Å². The summed E-state index contributed by atoms with van der Waals surface area (Å²) in [4.78, 5) is 18.8. The van der Waals surface area contributed by atoms with Gasteiger partial charge < -0.3 is 9.94 Å². The first-order valence-corrected chi connectivity index (χ1v) is 8.86. The number of carbonyl (C=O) groups excluding carboxylic acids is 1. The summed E-state index contributed by atoms with van der Waals surface area (Å²) in [7, 11) is 0. The number of aromatic nitrogens is 2. The largest absolute Gasteiger partial charge is 0.619 e. The normalized spacial score (nSPS) is 18.0. The Morgan fingerprint density at radius 1 is 1.42 bits per heavy atom. The van der Waals surface area contributed by atoms with E-state index in [0.717, 1.165) is 33.8 Å². The van der Waals surface area contributed by atoms with E-state index in [-0.39, 0.29) is 12.1 Å². The average molecular weight is 347 g/mol. The maximum Gasteiger partial charge on any atom is 0.410 e. The molecule has 2 aromatic rings. The van der Waals surface area contributed by atoms with Crippen molar-refractivity contribution < 1.29 is 14.3 Å². The zero-order valence-corrected chi connectivity index (χ0v) is 14.9. The minimum absolute atomic E-state index is 0.0354. The zero-order valence-electron chi connectivity index (χ0n) is 14.1. The number of likely N-dealkylation sites (tertiary alicyclic amines) is 1. The Bertz CT molecular complexity index is 721. The molecule has 24 heavy (non-hydrogen) atoms. The van der Waals surface area contributed by atoms with Crippen LogP contribution in [0.3, 0.4) is 0 Å². The summed E-state index contributed by atoms with van der Waals surface area (Å²) >= 11 is 1.54. The van der Waals surface area contributed by atoms with Crippen LogP contribution in [0.15, 0.2) is 29.9 Å². The molecule has 7 heteroatoms. The zero-order chi connectivity index (χ0) is 17.3. The Hall–Kier alpha value is -2.15. The Labute approximate surface area is 145 Å². The first-order chi connectivity index (χ1) is 11.3. The third-order valence-corrected chi connectivity index (χ3v) is 4.73. The van der Waals surface area contributed by atoms with Gasteiger partial charge in [0.25, 0.3) is 0 Å². The molecule has 1 atom stereocenters. The fourth-order valence-electron chi connectivity index (χ4n) is 2.72. The summed E-state index contributed by atoms with van der Waals surface area (Å²) in [5.41, 5.74) is 1.22. The number of pyridine rings is 1. The van der Waals surface area contributed by atoms with E-state index in [1.165, 1.54) is 23.7 Å². The molecule has 0 aliphatic carbocycles. The highest BCUT2D eigenvalue weighted by Crippen LogP contribution is 2.36. The van der Waals surface area contributed by atoms with E-state index >= 15 is 0 Å². The molecule has 1 amide bonds. The summed E-state index contributed by atoms with van der Waals surface area (Å²) < 4.78 is 6.25. The number of ether oxygens (including phenoxy) is 1. The molecule has 3 rings (SSSR count). The van der Waals surface area contributed by atoms with Crippen LogP contribution in [0.25, 0.3) is 11.3 Å². The molecule has 1 aliphatic heterocycles. The molecule has 0 spiro atoms. The molecule has 6 nitrogen and oxygen atoms in total. The predicted molar refractivity (Wildman–Crippen MR) is 91.4 cm³/mol. The second-order valence-electron chi connectivity index (χ2n) is 6.85. The van der Waals surface area contributed by atoms with Crippen molar-refractivity contribution in [1.29, 1.82) is 0 Å². The van der Waals surface area contributed by atoms with Gasteiger partial charge in [-0.3, -0.25) is 4.90 Å². The number of hydrogen-bond donors (Lipinski definition) is 0. The van der Waals surface area contributed by atoms with Crippen molar-refractivity contribution in [3.8, 4) is 11.3 Å². The van der Waals surface area contributed by atoms with E-state index in [9.17, 15) is 10.0 Å². The van der Waals surface area contributed by atoms with Crippen molar-refractivity contribution in [2.75, 3.05) is 6.54 Å². The molecule has 1 unspecified atom stereocenters. The molecule has 0 bridgehead atoms. The van der Waals surface area contributed by atoms with E-state index in [0.29, 0.717) is 6.54 Å². The van der Waals surface area contributed by atoms with Crippen LogP contribution < -0.4 is 4.73 Å². The van der Waals surface area contributed by atoms with Crippen LogP contribution in [0.2, 0.25) is 0 Å². The summed E-state index contributed by atoms with van der Waals surface area (Å²) in [6.45, 7) is 6.30. The summed E-state index contributed by atoms with van der Waals surface area (Å²) in [6, 6.07) is 3.45. The quantitative estimate of drug-likeness (QED) is 0.616. The topological polar surface area (TPSA) is 69.4 Å².